The fourth-order valence-corrected chi connectivity index (χ4v) is 3.94. The smallest absolute Gasteiger partial charge is 0.0626 e. The van der Waals surface area contributed by atoms with Crippen LogP contribution in [0.3, 0.4) is 0 Å². The van der Waals surface area contributed by atoms with Crippen LogP contribution in [0.15, 0.2) is 0 Å². The predicted octanol–water partition coefficient (Wildman–Crippen LogP) is 2.93. The van der Waals surface area contributed by atoms with Gasteiger partial charge >= 0.3 is 0 Å². The first kappa shape index (κ1) is 10.9. The summed E-state index contributed by atoms with van der Waals surface area (Å²) in [4.78, 5) is 0.692. The first-order valence-corrected chi connectivity index (χ1v) is 6.39. The third kappa shape index (κ3) is 2.93. The molecule has 72 valence electrons. The molecule has 1 fully saturated rings. The highest BCUT2D eigenvalue weighted by Gasteiger charge is 2.31. The van der Waals surface area contributed by atoms with Crippen molar-refractivity contribution in [3.8, 4) is 0 Å². The third-order valence-electron chi connectivity index (χ3n) is 2.43. The Bertz CT molecular complexity index is 149. The lowest BCUT2D eigenvalue weighted by Gasteiger charge is -2.27. The summed E-state index contributed by atoms with van der Waals surface area (Å²) < 4.78 is 5.42. The number of thioether (sulfide) groups is 1. The highest BCUT2D eigenvalue weighted by atomic mass is 79.9. The molecule has 3 heteroatoms. The molecule has 0 bridgehead atoms. The van der Waals surface area contributed by atoms with Gasteiger partial charge in [0.05, 0.1) is 5.60 Å². The normalized spacial score (nSPS) is 31.0. The molecule has 0 radical (unpaired) electrons. The summed E-state index contributed by atoms with van der Waals surface area (Å²) in [6.45, 7) is 4.32. The van der Waals surface area contributed by atoms with Crippen molar-refractivity contribution in [3.63, 3.8) is 0 Å². The number of halogens is 1. The number of alkyl halides is 1. The average Bonchev–Trinajstić information content (AvgIpc) is 2.36. The monoisotopic (exact) mass is 252 g/mol. The van der Waals surface area contributed by atoms with Crippen LogP contribution >= 0.6 is 27.7 Å². The maximum absolute atomic E-state index is 5.42. The van der Waals surface area contributed by atoms with Crippen molar-refractivity contribution in [1.29, 1.82) is 0 Å². The molecule has 0 amide bonds. The molecule has 0 saturated carbocycles. The molecule has 12 heavy (non-hydrogen) atoms. The number of hydrogen-bond acceptors (Lipinski definition) is 2. The van der Waals surface area contributed by atoms with E-state index in [-0.39, 0.29) is 5.60 Å². The molecule has 0 aromatic carbocycles. The lowest BCUT2D eigenvalue weighted by molar-refractivity contribution is 0.00529. The second-order valence-corrected chi connectivity index (χ2v) is 6.23. The Kier molecular flexibility index (Phi) is 3.93. The Balaban J connectivity index is 2.39. The number of ether oxygens (including phenoxy) is 1. The molecule has 0 aromatic heterocycles. The molecule has 2 atom stereocenters. The molecule has 1 aliphatic rings. The van der Waals surface area contributed by atoms with Gasteiger partial charge in [0.25, 0.3) is 0 Å². The minimum absolute atomic E-state index is 0.0432. The van der Waals surface area contributed by atoms with Crippen molar-refractivity contribution in [1.82, 2.24) is 0 Å². The van der Waals surface area contributed by atoms with Crippen LogP contribution in [0.5, 0.6) is 0 Å². The molecule has 1 heterocycles. The van der Waals surface area contributed by atoms with E-state index in [0.717, 1.165) is 12.3 Å². The minimum atomic E-state index is 0.0432. The summed E-state index contributed by atoms with van der Waals surface area (Å²) in [5, 5.41) is 0. The zero-order valence-corrected chi connectivity index (χ0v) is 10.4. The van der Waals surface area contributed by atoms with Crippen molar-refractivity contribution < 1.29 is 4.74 Å². The Labute approximate surface area is 87.8 Å². The van der Waals surface area contributed by atoms with Gasteiger partial charge in [-0.2, -0.15) is 11.8 Å². The Morgan fingerprint density at radius 3 is 2.58 bits per heavy atom. The van der Waals surface area contributed by atoms with Gasteiger partial charge in [0.1, 0.15) is 0 Å². The average molecular weight is 253 g/mol. The van der Waals surface area contributed by atoms with Crippen molar-refractivity contribution in [2.75, 3.05) is 18.6 Å². The van der Waals surface area contributed by atoms with Gasteiger partial charge in [-0.1, -0.05) is 15.9 Å². The van der Waals surface area contributed by atoms with Crippen molar-refractivity contribution in [2.45, 2.75) is 30.7 Å². The van der Waals surface area contributed by atoms with Crippen LogP contribution in [0, 0.1) is 5.92 Å². The molecule has 0 aliphatic carbocycles. The first-order chi connectivity index (χ1) is 5.55. The van der Waals surface area contributed by atoms with E-state index in [2.05, 4.69) is 29.8 Å². The van der Waals surface area contributed by atoms with Crippen LogP contribution in [0.25, 0.3) is 0 Å². The maximum Gasteiger partial charge on any atom is 0.0626 e. The van der Waals surface area contributed by atoms with Crippen LogP contribution in [-0.2, 0) is 4.74 Å². The number of methoxy groups -OCH3 is 1. The first-order valence-electron chi connectivity index (χ1n) is 4.32. The van der Waals surface area contributed by atoms with E-state index in [9.17, 15) is 0 Å². The molecular formula is C9H17BrOS. The van der Waals surface area contributed by atoms with Gasteiger partial charge < -0.3 is 4.74 Å². The summed E-state index contributed by atoms with van der Waals surface area (Å²) in [6, 6.07) is 0. The van der Waals surface area contributed by atoms with Gasteiger partial charge in [-0.15, -0.1) is 0 Å². The highest BCUT2D eigenvalue weighted by Crippen LogP contribution is 2.35. The molecule has 1 aliphatic heterocycles. The van der Waals surface area contributed by atoms with Crippen LogP contribution < -0.4 is 0 Å². The summed E-state index contributed by atoms with van der Waals surface area (Å²) >= 11 is 5.75. The molecule has 0 aromatic rings. The van der Waals surface area contributed by atoms with Crippen LogP contribution in [0.1, 0.15) is 20.3 Å². The van der Waals surface area contributed by atoms with Crippen LogP contribution in [-0.4, -0.2) is 29.0 Å². The topological polar surface area (TPSA) is 9.23 Å². The standard InChI is InChI=1S/C9H17BrOS/c1-9(2,11-3)4-7-5-12-6-8(7)10/h7-8H,4-6H2,1-3H3. The largest absolute Gasteiger partial charge is 0.379 e. The molecule has 1 rings (SSSR count). The molecule has 2 unspecified atom stereocenters. The van der Waals surface area contributed by atoms with Crippen molar-refractivity contribution >= 4 is 27.7 Å². The van der Waals surface area contributed by atoms with E-state index < -0.39 is 0 Å². The SMILES string of the molecule is COC(C)(C)CC1CSCC1Br. The van der Waals surface area contributed by atoms with Gasteiger partial charge in [-0.05, 0) is 31.9 Å². The van der Waals surface area contributed by atoms with E-state index >= 15 is 0 Å². The lowest BCUT2D eigenvalue weighted by atomic mass is 9.93. The van der Waals surface area contributed by atoms with E-state index in [4.69, 9.17) is 4.74 Å². The zero-order valence-electron chi connectivity index (χ0n) is 7.97. The van der Waals surface area contributed by atoms with Crippen molar-refractivity contribution in [2.24, 2.45) is 5.92 Å². The van der Waals surface area contributed by atoms with Gasteiger partial charge in [-0.25, -0.2) is 0 Å². The van der Waals surface area contributed by atoms with Crippen LogP contribution in [0.4, 0.5) is 0 Å². The summed E-state index contributed by atoms with van der Waals surface area (Å²) in [6.07, 6.45) is 1.16. The highest BCUT2D eigenvalue weighted by molar-refractivity contribution is 9.09. The fraction of sp³-hybridized carbons (Fsp3) is 1.00. The zero-order chi connectivity index (χ0) is 9.19. The number of rotatable bonds is 3. The van der Waals surface area contributed by atoms with E-state index in [1.807, 2.05) is 11.8 Å². The third-order valence-corrected chi connectivity index (χ3v) is 5.19. The molecular weight excluding hydrogens is 236 g/mol. The Morgan fingerprint density at radius 1 is 1.50 bits per heavy atom. The maximum atomic E-state index is 5.42. The summed E-state index contributed by atoms with van der Waals surface area (Å²) in [5.41, 5.74) is 0.0432. The van der Waals surface area contributed by atoms with E-state index in [0.29, 0.717) is 4.83 Å². The van der Waals surface area contributed by atoms with E-state index in [1.165, 1.54) is 11.5 Å². The van der Waals surface area contributed by atoms with Gasteiger partial charge in [0.2, 0.25) is 0 Å². The van der Waals surface area contributed by atoms with Crippen LogP contribution in [0.2, 0.25) is 0 Å². The van der Waals surface area contributed by atoms with Gasteiger partial charge in [0, 0.05) is 17.7 Å². The summed E-state index contributed by atoms with van der Waals surface area (Å²) in [5.74, 6) is 3.32. The molecule has 0 N–H and O–H groups in total. The number of hydrogen-bond donors (Lipinski definition) is 0. The quantitative estimate of drug-likeness (QED) is 0.715. The fourth-order valence-electron chi connectivity index (χ4n) is 1.47. The molecule has 0 spiro atoms. The second-order valence-electron chi connectivity index (χ2n) is 3.98. The van der Waals surface area contributed by atoms with E-state index in [1.54, 1.807) is 7.11 Å². The molecule has 1 nitrogen and oxygen atoms in total. The lowest BCUT2D eigenvalue weighted by Crippen LogP contribution is -2.29. The predicted molar refractivity (Wildman–Crippen MR) is 59.2 cm³/mol. The van der Waals surface area contributed by atoms with Gasteiger partial charge in [0.15, 0.2) is 0 Å². The summed E-state index contributed by atoms with van der Waals surface area (Å²) in [7, 11) is 1.80. The Hall–Kier alpha value is 0.790. The van der Waals surface area contributed by atoms with Gasteiger partial charge in [-0.3, -0.25) is 0 Å². The Morgan fingerprint density at radius 2 is 2.17 bits per heavy atom. The van der Waals surface area contributed by atoms with Crippen molar-refractivity contribution in [3.05, 3.63) is 0 Å². The second kappa shape index (κ2) is 4.34. The molecule has 1 saturated heterocycles. The minimum Gasteiger partial charge on any atom is -0.379 e.